The van der Waals surface area contributed by atoms with Crippen LogP contribution in [-0.2, 0) is 19.4 Å². The molecule has 0 aliphatic carbocycles. The van der Waals surface area contributed by atoms with Crippen LogP contribution in [0.5, 0.6) is 11.5 Å². The van der Waals surface area contributed by atoms with E-state index in [2.05, 4.69) is 9.72 Å². The molecule has 0 unspecified atom stereocenters. The van der Waals surface area contributed by atoms with E-state index >= 15 is 0 Å². The molecule has 0 amide bonds. The molecule has 1 heterocycles. The highest BCUT2D eigenvalue weighted by molar-refractivity contribution is 5.42. The molecule has 3 rings (SSSR count). The van der Waals surface area contributed by atoms with E-state index < -0.39 is 19.0 Å². The minimum absolute atomic E-state index is 0.0410. The standard InChI is InChI=1S/C27H28F6N2O2/c1-25(2,3)36-22-9-4-19(5-10-22)14-15-35(24-13-8-21(17-34-24)16-26(28,29)30)18-20-6-11-23(12-7-20)37-27(31,32)33/h4-13,17H,14-16,18H2,1-3H3. The van der Waals surface area contributed by atoms with E-state index in [0.717, 1.165) is 11.3 Å². The van der Waals surface area contributed by atoms with Crippen molar-refractivity contribution in [1.82, 2.24) is 4.98 Å². The van der Waals surface area contributed by atoms with E-state index in [0.29, 0.717) is 24.3 Å². The molecular formula is C27H28F6N2O2. The molecule has 0 atom stereocenters. The number of ether oxygens (including phenoxy) is 2. The fraction of sp³-hybridized carbons (Fsp3) is 0.370. The second-order valence-electron chi connectivity index (χ2n) is 9.54. The van der Waals surface area contributed by atoms with E-state index in [1.165, 1.54) is 42.6 Å². The first-order valence-corrected chi connectivity index (χ1v) is 11.5. The van der Waals surface area contributed by atoms with Gasteiger partial charge >= 0.3 is 12.5 Å². The van der Waals surface area contributed by atoms with Gasteiger partial charge in [0.2, 0.25) is 0 Å². The van der Waals surface area contributed by atoms with Gasteiger partial charge < -0.3 is 14.4 Å². The van der Waals surface area contributed by atoms with Gasteiger partial charge in [0.1, 0.15) is 22.9 Å². The zero-order chi connectivity index (χ0) is 27.3. The summed E-state index contributed by atoms with van der Waals surface area (Å²) in [6.45, 7) is 6.60. The van der Waals surface area contributed by atoms with Crippen LogP contribution >= 0.6 is 0 Å². The van der Waals surface area contributed by atoms with Gasteiger partial charge in [-0.2, -0.15) is 13.2 Å². The predicted octanol–water partition coefficient (Wildman–Crippen LogP) is 7.51. The number of hydrogen-bond acceptors (Lipinski definition) is 4. The lowest BCUT2D eigenvalue weighted by Crippen LogP contribution is -2.26. The lowest BCUT2D eigenvalue weighted by Gasteiger charge is -2.25. The van der Waals surface area contributed by atoms with Crippen LogP contribution in [-0.4, -0.2) is 29.7 Å². The van der Waals surface area contributed by atoms with Gasteiger partial charge in [-0.25, -0.2) is 4.98 Å². The summed E-state index contributed by atoms with van der Waals surface area (Å²) in [5.41, 5.74) is 1.40. The molecule has 10 heteroatoms. The van der Waals surface area contributed by atoms with E-state index in [9.17, 15) is 26.3 Å². The number of pyridine rings is 1. The molecule has 0 saturated heterocycles. The van der Waals surface area contributed by atoms with Crippen LogP contribution in [0.2, 0.25) is 0 Å². The molecule has 0 saturated carbocycles. The van der Waals surface area contributed by atoms with Gasteiger partial charge in [0.05, 0.1) is 6.42 Å². The first-order chi connectivity index (χ1) is 17.2. The maximum absolute atomic E-state index is 12.7. The van der Waals surface area contributed by atoms with Crippen LogP contribution in [0.4, 0.5) is 32.2 Å². The third-order valence-corrected chi connectivity index (χ3v) is 5.09. The minimum Gasteiger partial charge on any atom is -0.488 e. The molecule has 0 N–H and O–H groups in total. The molecular weight excluding hydrogens is 498 g/mol. The van der Waals surface area contributed by atoms with Crippen molar-refractivity contribution in [2.24, 2.45) is 0 Å². The summed E-state index contributed by atoms with van der Waals surface area (Å²) in [5.74, 6) is 0.848. The van der Waals surface area contributed by atoms with Crippen molar-refractivity contribution in [3.63, 3.8) is 0 Å². The van der Waals surface area contributed by atoms with Crippen molar-refractivity contribution in [3.8, 4) is 11.5 Å². The average Bonchev–Trinajstić information content (AvgIpc) is 2.76. The molecule has 0 fully saturated rings. The summed E-state index contributed by atoms with van der Waals surface area (Å²) in [4.78, 5) is 6.08. The number of halogens is 6. The third kappa shape index (κ3) is 10.2. The Morgan fingerprint density at radius 3 is 1.73 bits per heavy atom. The first-order valence-electron chi connectivity index (χ1n) is 11.5. The fourth-order valence-electron chi connectivity index (χ4n) is 3.57. The number of anilines is 1. The van der Waals surface area contributed by atoms with E-state index in [1.807, 2.05) is 49.9 Å². The number of benzene rings is 2. The predicted molar refractivity (Wildman–Crippen MR) is 129 cm³/mol. The van der Waals surface area contributed by atoms with E-state index in [4.69, 9.17) is 4.74 Å². The molecule has 3 aromatic rings. The summed E-state index contributed by atoms with van der Waals surface area (Å²) in [7, 11) is 0. The van der Waals surface area contributed by atoms with E-state index in [-0.39, 0.29) is 23.5 Å². The summed E-state index contributed by atoms with van der Waals surface area (Å²) >= 11 is 0. The van der Waals surface area contributed by atoms with Crippen molar-refractivity contribution in [1.29, 1.82) is 0 Å². The van der Waals surface area contributed by atoms with Gasteiger partial charge in [-0.1, -0.05) is 30.3 Å². The van der Waals surface area contributed by atoms with Crippen molar-refractivity contribution >= 4 is 5.82 Å². The summed E-state index contributed by atoms with van der Waals surface area (Å²) in [5, 5.41) is 0. The zero-order valence-corrected chi connectivity index (χ0v) is 20.7. The molecule has 0 bridgehead atoms. The second-order valence-corrected chi connectivity index (χ2v) is 9.54. The van der Waals surface area contributed by atoms with Gasteiger partial charge in [-0.3, -0.25) is 0 Å². The Balaban J connectivity index is 1.75. The van der Waals surface area contributed by atoms with Crippen LogP contribution < -0.4 is 14.4 Å². The van der Waals surface area contributed by atoms with Gasteiger partial charge in [-0.15, -0.1) is 13.2 Å². The topological polar surface area (TPSA) is 34.6 Å². The van der Waals surface area contributed by atoms with Crippen LogP contribution in [0, 0.1) is 0 Å². The maximum Gasteiger partial charge on any atom is 0.573 e. The zero-order valence-electron chi connectivity index (χ0n) is 20.7. The molecule has 4 nitrogen and oxygen atoms in total. The Labute approximate surface area is 211 Å². The quantitative estimate of drug-likeness (QED) is 0.270. The Morgan fingerprint density at radius 2 is 1.24 bits per heavy atom. The SMILES string of the molecule is CC(C)(C)Oc1ccc(CCN(Cc2ccc(OC(F)(F)F)cc2)c2ccc(CC(F)(F)F)cn2)cc1. The Hall–Kier alpha value is -3.43. The fourth-order valence-corrected chi connectivity index (χ4v) is 3.57. The van der Waals surface area contributed by atoms with E-state index in [1.54, 1.807) is 0 Å². The van der Waals surface area contributed by atoms with Crippen LogP contribution in [0.25, 0.3) is 0 Å². The largest absolute Gasteiger partial charge is 0.573 e. The first kappa shape index (κ1) is 28.1. The number of alkyl halides is 6. The third-order valence-electron chi connectivity index (χ3n) is 5.09. The second kappa shape index (κ2) is 11.3. The van der Waals surface area contributed by atoms with Gasteiger partial charge in [0.25, 0.3) is 0 Å². The highest BCUT2D eigenvalue weighted by Crippen LogP contribution is 2.26. The lowest BCUT2D eigenvalue weighted by molar-refractivity contribution is -0.274. The normalized spacial score (nSPS) is 12.4. The van der Waals surface area contributed by atoms with Crippen LogP contribution in [0.3, 0.4) is 0 Å². The highest BCUT2D eigenvalue weighted by Gasteiger charge is 2.31. The number of aromatic nitrogens is 1. The molecule has 200 valence electrons. The number of rotatable bonds is 9. The van der Waals surface area contributed by atoms with Crippen molar-refractivity contribution in [2.45, 2.75) is 58.3 Å². The monoisotopic (exact) mass is 526 g/mol. The summed E-state index contributed by atoms with van der Waals surface area (Å²) in [6, 6.07) is 15.9. The van der Waals surface area contributed by atoms with Crippen LogP contribution in [0.15, 0.2) is 66.9 Å². The molecule has 37 heavy (non-hydrogen) atoms. The number of nitrogens with zero attached hydrogens (tertiary/aromatic N) is 2. The molecule has 0 spiro atoms. The molecule has 2 aromatic carbocycles. The lowest BCUT2D eigenvalue weighted by atomic mass is 10.1. The molecule has 0 aliphatic rings. The average molecular weight is 527 g/mol. The van der Waals surface area contributed by atoms with Gasteiger partial charge in [0, 0.05) is 19.3 Å². The summed E-state index contributed by atoms with van der Waals surface area (Å²) < 4.78 is 85.3. The van der Waals surface area contributed by atoms with Crippen LogP contribution in [0.1, 0.15) is 37.5 Å². The minimum atomic E-state index is -4.79. The smallest absolute Gasteiger partial charge is 0.488 e. The van der Waals surface area contributed by atoms with Crippen molar-refractivity contribution in [3.05, 3.63) is 83.6 Å². The summed E-state index contributed by atoms with van der Waals surface area (Å²) in [6.07, 6.45) is -8.43. The van der Waals surface area contributed by atoms with Gasteiger partial charge in [0.15, 0.2) is 0 Å². The van der Waals surface area contributed by atoms with Crippen molar-refractivity contribution in [2.75, 3.05) is 11.4 Å². The molecule has 0 aliphatic heterocycles. The Bertz CT molecular complexity index is 1120. The maximum atomic E-state index is 12.7. The molecule has 1 aromatic heterocycles. The highest BCUT2D eigenvalue weighted by atomic mass is 19.4. The van der Waals surface area contributed by atoms with Crippen molar-refractivity contribution < 1.29 is 35.8 Å². The van der Waals surface area contributed by atoms with Gasteiger partial charge in [-0.05, 0) is 74.2 Å². The number of hydrogen-bond donors (Lipinski definition) is 0. The Morgan fingerprint density at radius 1 is 0.703 bits per heavy atom. The molecule has 0 radical (unpaired) electrons. The Kier molecular flexibility index (Phi) is 8.60.